The fraction of sp³-hybridized carbons (Fsp3) is 0.222. The number of rotatable bonds is 5. The van der Waals surface area contributed by atoms with Crippen LogP contribution in [0.25, 0.3) is 0 Å². The Hall–Kier alpha value is -2.40. The molecule has 1 aromatic carbocycles. The second kappa shape index (κ2) is 7.01. The Bertz CT molecular complexity index is 790. The molecule has 1 aromatic heterocycles. The van der Waals surface area contributed by atoms with Crippen LogP contribution >= 0.6 is 11.6 Å². The summed E-state index contributed by atoms with van der Waals surface area (Å²) in [5.74, 6) is -0.578. The molecule has 1 aliphatic heterocycles. The lowest BCUT2D eigenvalue weighted by Crippen LogP contribution is -2.23. The molecule has 3 rings (SSSR count). The molecule has 1 aliphatic rings. The van der Waals surface area contributed by atoms with Gasteiger partial charge in [-0.05, 0) is 35.7 Å². The molecule has 0 bridgehead atoms. The molecule has 0 unspecified atom stereocenters. The number of benzene rings is 1. The van der Waals surface area contributed by atoms with Gasteiger partial charge in [0.1, 0.15) is 17.6 Å². The topological polar surface area (TPSA) is 42.4 Å². The zero-order valence-corrected chi connectivity index (χ0v) is 13.9. The smallest absolute Gasteiger partial charge is 0.333 e. The number of ether oxygens (including phenoxy) is 1. The van der Waals surface area contributed by atoms with Crippen molar-refractivity contribution in [2.45, 2.75) is 20.0 Å². The third-order valence-electron chi connectivity index (χ3n) is 3.81. The number of halogens is 2. The van der Waals surface area contributed by atoms with Crippen LogP contribution in [0.5, 0.6) is 0 Å². The third kappa shape index (κ3) is 3.92. The summed E-state index contributed by atoms with van der Waals surface area (Å²) < 4.78 is 18.5. The van der Waals surface area contributed by atoms with Crippen LogP contribution in [0, 0.1) is 12.7 Å². The summed E-state index contributed by atoms with van der Waals surface area (Å²) in [6.07, 6.45) is 3.18. The molecule has 2 heterocycles. The molecule has 0 saturated heterocycles. The second-order valence-electron chi connectivity index (χ2n) is 5.67. The molecule has 0 atom stereocenters. The number of pyridine rings is 1. The Morgan fingerprint density at radius 1 is 1.25 bits per heavy atom. The molecule has 0 fully saturated rings. The van der Waals surface area contributed by atoms with Gasteiger partial charge in [-0.25, -0.2) is 14.2 Å². The minimum absolute atomic E-state index is 0.231. The average Bonchev–Trinajstić information content (AvgIpc) is 2.99. The Morgan fingerprint density at radius 2 is 2.00 bits per heavy atom. The highest BCUT2D eigenvalue weighted by molar-refractivity contribution is 6.29. The van der Waals surface area contributed by atoms with E-state index in [0.717, 1.165) is 16.8 Å². The average molecular weight is 347 g/mol. The van der Waals surface area contributed by atoms with E-state index in [0.29, 0.717) is 23.8 Å². The van der Waals surface area contributed by atoms with Crippen molar-refractivity contribution < 1.29 is 13.9 Å². The number of cyclic esters (lactones) is 1. The normalized spacial score (nSPS) is 13.6. The van der Waals surface area contributed by atoms with Gasteiger partial charge in [-0.15, -0.1) is 0 Å². The molecule has 2 aromatic rings. The summed E-state index contributed by atoms with van der Waals surface area (Å²) in [6, 6.07) is 8.61. The number of aromatic nitrogens is 1. The summed E-state index contributed by atoms with van der Waals surface area (Å²) >= 11 is 5.82. The van der Waals surface area contributed by atoms with E-state index in [4.69, 9.17) is 16.3 Å². The number of hydrogen-bond donors (Lipinski definition) is 0. The molecule has 0 saturated carbocycles. The summed E-state index contributed by atoms with van der Waals surface area (Å²) in [7, 11) is 0. The van der Waals surface area contributed by atoms with Crippen LogP contribution in [0.2, 0.25) is 5.15 Å². The highest BCUT2D eigenvalue weighted by Gasteiger charge is 2.20. The largest absolute Gasteiger partial charge is 0.456 e. The third-order valence-corrected chi connectivity index (χ3v) is 4.03. The van der Waals surface area contributed by atoms with E-state index >= 15 is 0 Å². The lowest BCUT2D eigenvalue weighted by molar-refractivity contribution is -0.135. The summed E-state index contributed by atoms with van der Waals surface area (Å²) in [6.45, 7) is 3.04. The first-order chi connectivity index (χ1) is 11.5. The zero-order valence-electron chi connectivity index (χ0n) is 13.1. The first-order valence-corrected chi connectivity index (χ1v) is 7.87. The van der Waals surface area contributed by atoms with Crippen LogP contribution < -0.4 is 0 Å². The zero-order chi connectivity index (χ0) is 17.1. The lowest BCUT2D eigenvalue weighted by Gasteiger charge is -2.25. The van der Waals surface area contributed by atoms with Crippen molar-refractivity contribution >= 4 is 17.6 Å². The van der Waals surface area contributed by atoms with Gasteiger partial charge in [-0.3, -0.25) is 0 Å². The van der Waals surface area contributed by atoms with Crippen molar-refractivity contribution in [2.75, 3.05) is 6.61 Å². The van der Waals surface area contributed by atoms with Crippen molar-refractivity contribution in [1.29, 1.82) is 0 Å². The van der Waals surface area contributed by atoms with E-state index in [-0.39, 0.29) is 18.4 Å². The molecule has 0 amide bonds. The molecule has 24 heavy (non-hydrogen) atoms. The molecule has 124 valence electrons. The van der Waals surface area contributed by atoms with E-state index in [1.807, 2.05) is 11.0 Å². The number of carbonyl (C=O) groups excluding carboxylic acids is 1. The minimum atomic E-state index is -0.348. The molecule has 0 aliphatic carbocycles. The second-order valence-corrected chi connectivity index (χ2v) is 6.06. The summed E-state index contributed by atoms with van der Waals surface area (Å²) in [5, 5.41) is 0.429. The maximum absolute atomic E-state index is 13.5. The molecule has 0 spiro atoms. The SMILES string of the molecule is Cc1cc(CN(Cc2ccc(Cl)nc2)C2=CC(=O)OC2)ccc1F. The van der Waals surface area contributed by atoms with E-state index in [1.54, 1.807) is 31.3 Å². The summed E-state index contributed by atoms with van der Waals surface area (Å²) in [4.78, 5) is 17.5. The fourth-order valence-corrected chi connectivity index (χ4v) is 2.66. The Kier molecular flexibility index (Phi) is 4.81. The van der Waals surface area contributed by atoms with Crippen molar-refractivity contribution in [3.8, 4) is 0 Å². The fourth-order valence-electron chi connectivity index (χ4n) is 2.55. The van der Waals surface area contributed by atoms with Gasteiger partial charge in [-0.2, -0.15) is 0 Å². The Morgan fingerprint density at radius 3 is 2.62 bits per heavy atom. The van der Waals surface area contributed by atoms with Crippen molar-refractivity contribution in [1.82, 2.24) is 9.88 Å². The van der Waals surface area contributed by atoms with Crippen LogP contribution in [-0.4, -0.2) is 22.5 Å². The number of carbonyl (C=O) groups is 1. The molecule has 4 nitrogen and oxygen atoms in total. The summed E-state index contributed by atoms with van der Waals surface area (Å²) in [5.41, 5.74) is 3.29. The maximum atomic E-state index is 13.5. The molecule has 0 radical (unpaired) electrons. The van der Waals surface area contributed by atoms with Gasteiger partial charge in [0, 0.05) is 25.4 Å². The predicted octanol–water partition coefficient (Wildman–Crippen LogP) is 3.63. The molecular formula is C18H16ClFN2O2. The van der Waals surface area contributed by atoms with Crippen LogP contribution in [0.15, 0.2) is 48.3 Å². The first-order valence-electron chi connectivity index (χ1n) is 7.49. The van der Waals surface area contributed by atoms with Gasteiger partial charge >= 0.3 is 5.97 Å². The standard InChI is InChI=1S/C18H16ClFN2O2/c1-12-6-13(2-4-16(12)20)9-22(15-7-18(23)24-11-15)10-14-3-5-17(19)21-8-14/h2-8H,9-11H2,1H3. The van der Waals surface area contributed by atoms with Crippen LogP contribution in [0.4, 0.5) is 4.39 Å². The van der Waals surface area contributed by atoms with Crippen LogP contribution in [0.3, 0.4) is 0 Å². The van der Waals surface area contributed by atoms with Gasteiger partial charge in [0.15, 0.2) is 0 Å². The number of aryl methyl sites for hydroxylation is 1. The molecule has 6 heteroatoms. The van der Waals surface area contributed by atoms with Gasteiger partial charge in [0.05, 0.1) is 5.70 Å². The highest BCUT2D eigenvalue weighted by Crippen LogP contribution is 2.20. The minimum Gasteiger partial charge on any atom is -0.456 e. The Balaban J connectivity index is 1.84. The maximum Gasteiger partial charge on any atom is 0.333 e. The van der Waals surface area contributed by atoms with Crippen molar-refractivity contribution in [2.24, 2.45) is 0 Å². The van der Waals surface area contributed by atoms with Crippen molar-refractivity contribution in [3.63, 3.8) is 0 Å². The molecular weight excluding hydrogens is 331 g/mol. The van der Waals surface area contributed by atoms with Gasteiger partial charge in [0.25, 0.3) is 0 Å². The van der Waals surface area contributed by atoms with E-state index in [1.165, 1.54) is 12.1 Å². The lowest BCUT2D eigenvalue weighted by atomic mass is 10.1. The van der Waals surface area contributed by atoms with E-state index in [9.17, 15) is 9.18 Å². The van der Waals surface area contributed by atoms with Crippen LogP contribution in [-0.2, 0) is 22.6 Å². The van der Waals surface area contributed by atoms with E-state index in [2.05, 4.69) is 4.98 Å². The number of nitrogens with zero attached hydrogens (tertiary/aromatic N) is 2. The first kappa shape index (κ1) is 16.5. The van der Waals surface area contributed by atoms with Gasteiger partial charge in [0.2, 0.25) is 0 Å². The number of esters is 1. The van der Waals surface area contributed by atoms with Gasteiger partial charge in [-0.1, -0.05) is 29.8 Å². The number of hydrogen-bond acceptors (Lipinski definition) is 4. The highest BCUT2D eigenvalue weighted by atomic mass is 35.5. The predicted molar refractivity (Wildman–Crippen MR) is 88.7 cm³/mol. The quantitative estimate of drug-likeness (QED) is 0.612. The Labute approximate surface area is 144 Å². The van der Waals surface area contributed by atoms with Crippen LogP contribution in [0.1, 0.15) is 16.7 Å². The molecule has 0 N–H and O–H groups in total. The monoisotopic (exact) mass is 346 g/mol. The van der Waals surface area contributed by atoms with Crippen molar-refractivity contribution in [3.05, 3.63) is 76.0 Å². The van der Waals surface area contributed by atoms with Gasteiger partial charge < -0.3 is 9.64 Å². The van der Waals surface area contributed by atoms with E-state index < -0.39 is 0 Å².